The fraction of sp³-hybridized carbons (Fsp3) is 0.500. The average Bonchev–Trinajstić information content (AvgIpc) is 2.46. The summed E-state index contributed by atoms with van der Waals surface area (Å²) in [5.74, 6) is -0.574. The van der Waals surface area contributed by atoms with E-state index in [2.05, 4.69) is 10.3 Å². The number of pyridine rings is 1. The highest BCUT2D eigenvalue weighted by Crippen LogP contribution is 2.13. The molecule has 0 aliphatic carbocycles. The highest BCUT2D eigenvalue weighted by Gasteiger charge is 2.21. The van der Waals surface area contributed by atoms with Crippen LogP contribution in [0.5, 0.6) is 5.88 Å². The number of carbonyl (C=O) groups excluding carboxylic acids is 1. The number of urea groups is 1. The normalized spacial score (nSPS) is 11.6. The van der Waals surface area contributed by atoms with E-state index >= 15 is 0 Å². The van der Waals surface area contributed by atoms with Gasteiger partial charge in [-0.3, -0.25) is 4.79 Å². The van der Waals surface area contributed by atoms with Crippen LogP contribution in [0, 0.1) is 0 Å². The molecule has 0 aliphatic rings. The Kier molecular flexibility index (Phi) is 6.45. The number of carboxylic acids is 1. The van der Waals surface area contributed by atoms with Crippen LogP contribution >= 0.6 is 0 Å². The topological polar surface area (TPSA) is 91.8 Å². The van der Waals surface area contributed by atoms with Gasteiger partial charge in [-0.05, 0) is 26.3 Å². The van der Waals surface area contributed by atoms with Gasteiger partial charge in [0, 0.05) is 12.1 Å². The molecule has 0 spiro atoms. The molecule has 0 fully saturated rings. The highest BCUT2D eigenvalue weighted by molar-refractivity contribution is 5.91. The average molecular weight is 295 g/mol. The fourth-order valence-electron chi connectivity index (χ4n) is 1.68. The standard InChI is InChI=1S/C14H21N3O4/c1-4-10(3)17(9-13(18)19)14(20)16-11-6-7-12(15-8-11)21-5-2/h6-8,10H,4-5,9H2,1-3H3,(H,16,20)(H,18,19). The summed E-state index contributed by atoms with van der Waals surface area (Å²) < 4.78 is 5.21. The lowest BCUT2D eigenvalue weighted by molar-refractivity contribution is -0.138. The summed E-state index contributed by atoms with van der Waals surface area (Å²) in [4.78, 5) is 28.3. The molecule has 0 radical (unpaired) electrons. The molecule has 0 aromatic carbocycles. The van der Waals surface area contributed by atoms with Gasteiger partial charge >= 0.3 is 12.0 Å². The number of nitrogens with zero attached hydrogens (tertiary/aromatic N) is 2. The number of anilines is 1. The molecule has 0 saturated carbocycles. The summed E-state index contributed by atoms with van der Waals surface area (Å²) >= 11 is 0. The SMILES string of the molecule is CCOc1ccc(NC(=O)N(CC(=O)O)C(C)CC)cn1. The van der Waals surface area contributed by atoms with Crippen LogP contribution in [0.1, 0.15) is 27.2 Å². The molecular weight excluding hydrogens is 274 g/mol. The van der Waals surface area contributed by atoms with E-state index < -0.39 is 12.0 Å². The van der Waals surface area contributed by atoms with Gasteiger partial charge in [0.1, 0.15) is 6.54 Å². The molecule has 2 amide bonds. The monoisotopic (exact) mass is 295 g/mol. The molecule has 7 heteroatoms. The van der Waals surface area contributed by atoms with Crippen molar-refractivity contribution in [1.82, 2.24) is 9.88 Å². The van der Waals surface area contributed by atoms with E-state index in [0.717, 1.165) is 0 Å². The molecule has 0 aliphatic heterocycles. The maximum Gasteiger partial charge on any atom is 0.323 e. The number of carboxylic acid groups (broad SMARTS) is 1. The molecule has 1 heterocycles. The second-order valence-electron chi connectivity index (χ2n) is 4.53. The van der Waals surface area contributed by atoms with Gasteiger partial charge in [0.25, 0.3) is 0 Å². The number of carbonyl (C=O) groups is 2. The van der Waals surface area contributed by atoms with Gasteiger partial charge in [-0.2, -0.15) is 0 Å². The van der Waals surface area contributed by atoms with Crippen LogP contribution in [0.2, 0.25) is 0 Å². The molecule has 0 bridgehead atoms. The largest absolute Gasteiger partial charge is 0.480 e. The van der Waals surface area contributed by atoms with Gasteiger partial charge in [-0.15, -0.1) is 0 Å². The smallest absolute Gasteiger partial charge is 0.323 e. The van der Waals surface area contributed by atoms with Crippen molar-refractivity contribution < 1.29 is 19.4 Å². The van der Waals surface area contributed by atoms with Gasteiger partial charge in [-0.25, -0.2) is 9.78 Å². The van der Waals surface area contributed by atoms with Crippen molar-refractivity contribution >= 4 is 17.7 Å². The lowest BCUT2D eigenvalue weighted by atomic mass is 10.2. The zero-order valence-electron chi connectivity index (χ0n) is 12.5. The van der Waals surface area contributed by atoms with Gasteiger partial charge < -0.3 is 20.1 Å². The number of amides is 2. The first-order chi connectivity index (χ1) is 9.97. The Morgan fingerprint density at radius 2 is 2.14 bits per heavy atom. The quantitative estimate of drug-likeness (QED) is 0.804. The van der Waals surface area contributed by atoms with E-state index in [1.54, 1.807) is 19.1 Å². The predicted molar refractivity (Wildman–Crippen MR) is 78.5 cm³/mol. The molecule has 1 atom stereocenters. The van der Waals surface area contributed by atoms with Gasteiger partial charge in [0.15, 0.2) is 0 Å². The second-order valence-corrected chi connectivity index (χ2v) is 4.53. The molecule has 1 aromatic rings. The molecule has 7 nitrogen and oxygen atoms in total. The Morgan fingerprint density at radius 3 is 2.62 bits per heavy atom. The summed E-state index contributed by atoms with van der Waals surface area (Å²) in [5, 5.41) is 11.5. The number of ether oxygens (including phenoxy) is 1. The van der Waals surface area contributed by atoms with E-state index in [-0.39, 0.29) is 12.6 Å². The first-order valence-corrected chi connectivity index (χ1v) is 6.86. The summed E-state index contributed by atoms with van der Waals surface area (Å²) in [5.41, 5.74) is 0.488. The summed E-state index contributed by atoms with van der Waals surface area (Å²) in [6.07, 6.45) is 2.14. The first kappa shape index (κ1) is 16.7. The van der Waals surface area contributed by atoms with Crippen LogP contribution in [-0.4, -0.2) is 46.2 Å². The van der Waals surface area contributed by atoms with Crippen molar-refractivity contribution in [3.05, 3.63) is 18.3 Å². The Hall–Kier alpha value is -2.31. The van der Waals surface area contributed by atoms with Crippen LogP contribution in [0.3, 0.4) is 0 Å². The molecule has 116 valence electrons. The number of rotatable bonds is 7. The van der Waals surface area contributed by atoms with Crippen molar-refractivity contribution in [2.45, 2.75) is 33.2 Å². The molecule has 21 heavy (non-hydrogen) atoms. The predicted octanol–water partition coefficient (Wildman–Crippen LogP) is 2.20. The molecule has 1 rings (SSSR count). The lowest BCUT2D eigenvalue weighted by Gasteiger charge is -2.27. The number of hydrogen-bond acceptors (Lipinski definition) is 4. The Morgan fingerprint density at radius 1 is 1.43 bits per heavy atom. The Bertz CT molecular complexity index is 476. The maximum absolute atomic E-state index is 12.2. The van der Waals surface area contributed by atoms with Crippen molar-refractivity contribution in [2.75, 3.05) is 18.5 Å². The third-order valence-corrected chi connectivity index (χ3v) is 2.97. The minimum absolute atomic E-state index is 0.170. The van der Waals surface area contributed by atoms with E-state index in [0.29, 0.717) is 24.6 Å². The van der Waals surface area contributed by atoms with Crippen molar-refractivity contribution in [2.24, 2.45) is 0 Å². The second kappa shape index (κ2) is 8.08. The van der Waals surface area contributed by atoms with Gasteiger partial charge in [0.05, 0.1) is 18.5 Å². The maximum atomic E-state index is 12.2. The molecule has 2 N–H and O–H groups in total. The summed E-state index contributed by atoms with van der Waals surface area (Å²) in [7, 11) is 0. The minimum atomic E-state index is -1.05. The van der Waals surface area contributed by atoms with Crippen molar-refractivity contribution in [3.8, 4) is 5.88 Å². The lowest BCUT2D eigenvalue weighted by Crippen LogP contribution is -2.44. The fourth-order valence-corrected chi connectivity index (χ4v) is 1.68. The van der Waals surface area contributed by atoms with Gasteiger partial charge in [0.2, 0.25) is 5.88 Å². The number of aromatic nitrogens is 1. The van der Waals surface area contributed by atoms with E-state index in [4.69, 9.17) is 9.84 Å². The zero-order valence-corrected chi connectivity index (χ0v) is 12.5. The number of aliphatic carboxylic acids is 1. The first-order valence-electron chi connectivity index (χ1n) is 6.86. The Labute approximate surface area is 123 Å². The number of nitrogens with one attached hydrogen (secondary N) is 1. The van der Waals surface area contributed by atoms with Crippen LogP contribution < -0.4 is 10.1 Å². The van der Waals surface area contributed by atoms with Crippen LogP contribution in [-0.2, 0) is 4.79 Å². The van der Waals surface area contributed by atoms with Crippen molar-refractivity contribution in [3.63, 3.8) is 0 Å². The molecule has 1 unspecified atom stereocenters. The molecule has 0 saturated heterocycles. The molecular formula is C14H21N3O4. The van der Waals surface area contributed by atoms with Crippen LogP contribution in [0.25, 0.3) is 0 Å². The highest BCUT2D eigenvalue weighted by atomic mass is 16.5. The molecule has 1 aromatic heterocycles. The van der Waals surface area contributed by atoms with E-state index in [1.165, 1.54) is 11.1 Å². The van der Waals surface area contributed by atoms with Gasteiger partial charge in [-0.1, -0.05) is 6.92 Å². The van der Waals surface area contributed by atoms with E-state index in [9.17, 15) is 9.59 Å². The summed E-state index contributed by atoms with van der Waals surface area (Å²) in [6.45, 7) is 5.72. The third kappa shape index (κ3) is 5.29. The minimum Gasteiger partial charge on any atom is -0.480 e. The van der Waals surface area contributed by atoms with Crippen LogP contribution in [0.4, 0.5) is 10.5 Å². The summed E-state index contributed by atoms with van der Waals surface area (Å²) in [6, 6.07) is 2.67. The third-order valence-electron chi connectivity index (χ3n) is 2.97. The van der Waals surface area contributed by atoms with Crippen molar-refractivity contribution in [1.29, 1.82) is 0 Å². The van der Waals surface area contributed by atoms with Crippen LogP contribution in [0.15, 0.2) is 18.3 Å². The Balaban J connectivity index is 2.73. The zero-order chi connectivity index (χ0) is 15.8. The number of hydrogen-bond donors (Lipinski definition) is 2. The van der Waals surface area contributed by atoms with E-state index in [1.807, 2.05) is 13.8 Å².